The van der Waals surface area contributed by atoms with E-state index in [1.165, 1.54) is 7.11 Å². The van der Waals surface area contributed by atoms with Gasteiger partial charge in [0.05, 0.1) is 6.61 Å². The van der Waals surface area contributed by atoms with Gasteiger partial charge < -0.3 is 14.6 Å². The third kappa shape index (κ3) is 3.42. The smallest absolute Gasteiger partial charge is 0.361 e. The molecule has 0 rings (SSSR count). The second kappa shape index (κ2) is 5.20. The predicted octanol–water partition coefficient (Wildman–Crippen LogP) is 0.470. The standard InChI is InChI=1S/C6H12O4/c1-3-4-10-6(9-2)5(7)8/h6H,3-4H2,1-2H3,(H,7,8). The largest absolute Gasteiger partial charge is 0.477 e. The molecule has 0 saturated carbocycles. The van der Waals surface area contributed by atoms with E-state index in [2.05, 4.69) is 4.74 Å². The summed E-state index contributed by atoms with van der Waals surface area (Å²) in [5, 5.41) is 8.35. The van der Waals surface area contributed by atoms with Crippen LogP contribution in [0.15, 0.2) is 0 Å². The molecule has 60 valence electrons. The van der Waals surface area contributed by atoms with E-state index in [1.807, 2.05) is 6.92 Å². The minimum atomic E-state index is -1.11. The molecule has 0 aromatic carbocycles. The summed E-state index contributed by atoms with van der Waals surface area (Å²) >= 11 is 0. The third-order valence-electron chi connectivity index (χ3n) is 0.889. The first kappa shape index (κ1) is 9.39. The molecule has 4 heteroatoms. The van der Waals surface area contributed by atoms with Gasteiger partial charge in [0.2, 0.25) is 0 Å². The van der Waals surface area contributed by atoms with Gasteiger partial charge in [0.15, 0.2) is 0 Å². The van der Waals surface area contributed by atoms with Crippen LogP contribution in [-0.4, -0.2) is 31.1 Å². The Morgan fingerprint density at radius 1 is 1.70 bits per heavy atom. The van der Waals surface area contributed by atoms with E-state index in [1.54, 1.807) is 0 Å². The van der Waals surface area contributed by atoms with Crippen LogP contribution < -0.4 is 0 Å². The summed E-state index contributed by atoms with van der Waals surface area (Å²) in [7, 11) is 1.30. The molecule has 0 saturated heterocycles. The van der Waals surface area contributed by atoms with E-state index < -0.39 is 12.3 Å². The fraction of sp³-hybridized carbons (Fsp3) is 0.833. The van der Waals surface area contributed by atoms with Crippen molar-refractivity contribution < 1.29 is 19.4 Å². The maximum atomic E-state index is 10.2. The van der Waals surface area contributed by atoms with Crippen LogP contribution >= 0.6 is 0 Å². The molecular formula is C6H12O4. The lowest BCUT2D eigenvalue weighted by molar-refractivity contribution is -0.182. The SMILES string of the molecule is CCCOC(OC)C(=O)O. The van der Waals surface area contributed by atoms with Crippen LogP contribution in [0.1, 0.15) is 13.3 Å². The Labute approximate surface area is 59.7 Å². The van der Waals surface area contributed by atoms with Gasteiger partial charge in [-0.25, -0.2) is 4.79 Å². The molecule has 0 amide bonds. The lowest BCUT2D eigenvalue weighted by Gasteiger charge is -2.09. The Kier molecular flexibility index (Phi) is 4.88. The van der Waals surface area contributed by atoms with Crippen molar-refractivity contribution in [3.05, 3.63) is 0 Å². The molecule has 1 N–H and O–H groups in total. The topological polar surface area (TPSA) is 55.8 Å². The number of carboxylic acids is 1. The minimum Gasteiger partial charge on any atom is -0.477 e. The summed E-state index contributed by atoms with van der Waals surface area (Å²) in [6.07, 6.45) is -0.326. The molecule has 0 fully saturated rings. The summed E-state index contributed by atoms with van der Waals surface area (Å²) in [4.78, 5) is 10.2. The molecule has 10 heavy (non-hydrogen) atoms. The van der Waals surface area contributed by atoms with E-state index in [9.17, 15) is 4.79 Å². The van der Waals surface area contributed by atoms with Crippen LogP contribution in [-0.2, 0) is 14.3 Å². The van der Waals surface area contributed by atoms with Gasteiger partial charge in [0.25, 0.3) is 6.29 Å². The zero-order chi connectivity index (χ0) is 7.98. The molecular weight excluding hydrogens is 136 g/mol. The molecule has 0 aliphatic carbocycles. The zero-order valence-electron chi connectivity index (χ0n) is 6.16. The normalized spacial score (nSPS) is 13.0. The summed E-state index contributed by atoms with van der Waals surface area (Å²) in [5.41, 5.74) is 0. The Morgan fingerprint density at radius 2 is 2.30 bits per heavy atom. The summed E-state index contributed by atoms with van der Waals surface area (Å²) in [5.74, 6) is -1.09. The van der Waals surface area contributed by atoms with Crippen LogP contribution in [0.4, 0.5) is 0 Å². The van der Waals surface area contributed by atoms with Gasteiger partial charge in [-0.2, -0.15) is 0 Å². The molecule has 0 radical (unpaired) electrons. The van der Waals surface area contributed by atoms with Crippen molar-refractivity contribution in [2.75, 3.05) is 13.7 Å². The predicted molar refractivity (Wildman–Crippen MR) is 34.7 cm³/mol. The highest BCUT2D eigenvalue weighted by Gasteiger charge is 2.15. The highest BCUT2D eigenvalue weighted by molar-refractivity contribution is 5.70. The van der Waals surface area contributed by atoms with Gasteiger partial charge >= 0.3 is 5.97 Å². The van der Waals surface area contributed by atoms with Gasteiger partial charge in [-0.15, -0.1) is 0 Å². The fourth-order valence-electron chi connectivity index (χ4n) is 0.465. The van der Waals surface area contributed by atoms with E-state index in [4.69, 9.17) is 9.84 Å². The van der Waals surface area contributed by atoms with Crippen LogP contribution in [0.25, 0.3) is 0 Å². The van der Waals surface area contributed by atoms with Crippen LogP contribution in [0.2, 0.25) is 0 Å². The molecule has 0 spiro atoms. The summed E-state index contributed by atoms with van der Waals surface area (Å²) in [6, 6.07) is 0. The Bertz CT molecular complexity index is 102. The van der Waals surface area contributed by atoms with Gasteiger partial charge in [0.1, 0.15) is 0 Å². The van der Waals surface area contributed by atoms with E-state index >= 15 is 0 Å². The number of ether oxygens (including phenoxy) is 2. The third-order valence-corrected chi connectivity index (χ3v) is 0.889. The van der Waals surface area contributed by atoms with E-state index in [0.717, 1.165) is 6.42 Å². The maximum Gasteiger partial charge on any atom is 0.361 e. The zero-order valence-corrected chi connectivity index (χ0v) is 6.16. The van der Waals surface area contributed by atoms with E-state index in [-0.39, 0.29) is 0 Å². The highest BCUT2D eigenvalue weighted by Crippen LogP contribution is 1.93. The fourth-order valence-corrected chi connectivity index (χ4v) is 0.465. The number of aliphatic carboxylic acids is 1. The number of hydrogen-bond acceptors (Lipinski definition) is 3. The highest BCUT2D eigenvalue weighted by atomic mass is 16.7. The van der Waals surface area contributed by atoms with Crippen molar-refractivity contribution in [1.82, 2.24) is 0 Å². The average Bonchev–Trinajstić information content (AvgIpc) is 1.89. The molecule has 0 aromatic rings. The first-order valence-corrected chi connectivity index (χ1v) is 3.09. The second-order valence-corrected chi connectivity index (χ2v) is 1.78. The first-order chi connectivity index (χ1) is 4.72. The van der Waals surface area contributed by atoms with Crippen LogP contribution in [0.3, 0.4) is 0 Å². The van der Waals surface area contributed by atoms with Crippen molar-refractivity contribution in [2.24, 2.45) is 0 Å². The van der Waals surface area contributed by atoms with Crippen molar-refractivity contribution in [1.29, 1.82) is 0 Å². The number of methoxy groups -OCH3 is 1. The lowest BCUT2D eigenvalue weighted by atomic mass is 10.5. The van der Waals surface area contributed by atoms with Crippen molar-refractivity contribution in [3.8, 4) is 0 Å². The van der Waals surface area contributed by atoms with E-state index in [0.29, 0.717) is 6.61 Å². The molecule has 4 nitrogen and oxygen atoms in total. The van der Waals surface area contributed by atoms with Crippen LogP contribution in [0, 0.1) is 0 Å². The van der Waals surface area contributed by atoms with Crippen molar-refractivity contribution >= 4 is 5.97 Å². The van der Waals surface area contributed by atoms with Gasteiger partial charge in [-0.05, 0) is 6.42 Å². The minimum absolute atomic E-state index is 0.408. The molecule has 1 unspecified atom stereocenters. The maximum absolute atomic E-state index is 10.2. The van der Waals surface area contributed by atoms with Gasteiger partial charge in [-0.3, -0.25) is 0 Å². The number of hydrogen-bond donors (Lipinski definition) is 1. The Morgan fingerprint density at radius 3 is 2.60 bits per heavy atom. The Balaban J connectivity index is 3.50. The van der Waals surface area contributed by atoms with Gasteiger partial charge in [0, 0.05) is 7.11 Å². The molecule has 0 aliphatic rings. The molecule has 0 heterocycles. The van der Waals surface area contributed by atoms with Crippen molar-refractivity contribution in [3.63, 3.8) is 0 Å². The first-order valence-electron chi connectivity index (χ1n) is 3.09. The molecule has 1 atom stereocenters. The lowest BCUT2D eigenvalue weighted by Crippen LogP contribution is -2.25. The monoisotopic (exact) mass is 148 g/mol. The Hall–Kier alpha value is -0.610. The number of rotatable bonds is 5. The quantitative estimate of drug-likeness (QED) is 0.576. The van der Waals surface area contributed by atoms with Crippen LogP contribution in [0.5, 0.6) is 0 Å². The number of carboxylic acid groups (broad SMARTS) is 1. The molecule has 0 aromatic heterocycles. The molecule has 0 aliphatic heterocycles. The molecule has 0 bridgehead atoms. The number of carbonyl (C=O) groups is 1. The van der Waals surface area contributed by atoms with Crippen molar-refractivity contribution in [2.45, 2.75) is 19.6 Å². The summed E-state index contributed by atoms with van der Waals surface area (Å²) in [6.45, 7) is 2.30. The summed E-state index contributed by atoms with van der Waals surface area (Å²) < 4.78 is 9.27. The second-order valence-electron chi connectivity index (χ2n) is 1.78. The average molecular weight is 148 g/mol. The van der Waals surface area contributed by atoms with Gasteiger partial charge in [-0.1, -0.05) is 6.92 Å².